The number of carbonyl (C=O) groups excluding carboxylic acids is 2. The molecule has 1 fully saturated rings. The van der Waals surface area contributed by atoms with E-state index in [1.807, 2.05) is 42.5 Å². The molecule has 0 aromatic heterocycles. The lowest BCUT2D eigenvalue weighted by atomic mass is 9.92. The number of hydrogen-bond donors (Lipinski definition) is 1. The van der Waals surface area contributed by atoms with E-state index >= 15 is 0 Å². The van der Waals surface area contributed by atoms with Crippen LogP contribution in [-0.2, 0) is 14.3 Å². The van der Waals surface area contributed by atoms with Gasteiger partial charge in [0, 0.05) is 26.7 Å². The predicted molar refractivity (Wildman–Crippen MR) is 93.9 cm³/mol. The van der Waals surface area contributed by atoms with Gasteiger partial charge in [-0.1, -0.05) is 42.5 Å². The summed E-state index contributed by atoms with van der Waals surface area (Å²) < 4.78 is 5.59. The smallest absolute Gasteiger partial charge is 0.210 e. The molecule has 132 valence electrons. The van der Waals surface area contributed by atoms with E-state index in [4.69, 9.17) is 4.74 Å². The number of rotatable bonds is 6. The topological polar surface area (TPSA) is 70.1 Å². The van der Waals surface area contributed by atoms with E-state index in [1.54, 1.807) is 9.80 Å². The summed E-state index contributed by atoms with van der Waals surface area (Å²) in [5.41, 5.74) is 0.749. The van der Waals surface area contributed by atoms with Crippen LogP contribution in [0, 0.1) is 0 Å². The molecular weight excluding hydrogens is 320 g/mol. The van der Waals surface area contributed by atoms with Crippen LogP contribution in [0.1, 0.15) is 11.7 Å². The van der Waals surface area contributed by atoms with Gasteiger partial charge in [0.25, 0.3) is 0 Å². The zero-order chi connectivity index (χ0) is 17.8. The zero-order valence-corrected chi connectivity index (χ0v) is 14.1. The second-order valence-corrected chi connectivity index (χ2v) is 6.22. The maximum atomic E-state index is 11.4. The van der Waals surface area contributed by atoms with Crippen LogP contribution in [-0.4, -0.2) is 66.6 Å². The van der Waals surface area contributed by atoms with Crippen molar-refractivity contribution in [1.82, 2.24) is 9.80 Å². The van der Waals surface area contributed by atoms with Gasteiger partial charge >= 0.3 is 0 Å². The van der Waals surface area contributed by atoms with Crippen LogP contribution in [0.15, 0.2) is 42.5 Å². The van der Waals surface area contributed by atoms with Crippen molar-refractivity contribution < 1.29 is 19.4 Å². The molecule has 0 radical (unpaired) electrons. The summed E-state index contributed by atoms with van der Waals surface area (Å²) in [6.07, 6.45) is -0.0326. The third-order valence-corrected chi connectivity index (χ3v) is 4.88. The Morgan fingerprint density at radius 3 is 2.60 bits per heavy atom. The molecule has 0 spiro atoms. The summed E-state index contributed by atoms with van der Waals surface area (Å²) in [6, 6.07) is 13.1. The molecule has 3 rings (SSSR count). The molecule has 25 heavy (non-hydrogen) atoms. The molecule has 1 saturated heterocycles. The fourth-order valence-electron chi connectivity index (χ4n) is 3.55. The third kappa shape index (κ3) is 3.36. The van der Waals surface area contributed by atoms with Crippen LogP contribution in [0.5, 0.6) is 0 Å². The number of methoxy groups -OCH3 is 1. The van der Waals surface area contributed by atoms with Gasteiger partial charge in [-0.3, -0.25) is 9.59 Å². The lowest BCUT2D eigenvalue weighted by Crippen LogP contribution is -2.58. The largest absolute Gasteiger partial charge is 0.386 e. The minimum atomic E-state index is -0.921. The molecule has 1 N–H and O–H groups in total. The number of piperazine rings is 1. The lowest BCUT2D eigenvalue weighted by Gasteiger charge is -2.42. The van der Waals surface area contributed by atoms with Crippen LogP contribution >= 0.6 is 0 Å². The van der Waals surface area contributed by atoms with Gasteiger partial charge in [-0.2, -0.15) is 0 Å². The van der Waals surface area contributed by atoms with E-state index in [-0.39, 0.29) is 0 Å². The van der Waals surface area contributed by atoms with Gasteiger partial charge in [-0.05, 0) is 16.3 Å². The maximum absolute atomic E-state index is 11.4. The van der Waals surface area contributed by atoms with Gasteiger partial charge in [-0.15, -0.1) is 0 Å². The first-order valence-electron chi connectivity index (χ1n) is 8.28. The van der Waals surface area contributed by atoms with Gasteiger partial charge in [0.15, 0.2) is 0 Å². The van der Waals surface area contributed by atoms with Crippen molar-refractivity contribution in [2.45, 2.75) is 18.2 Å². The van der Waals surface area contributed by atoms with E-state index in [0.29, 0.717) is 19.6 Å². The van der Waals surface area contributed by atoms with E-state index in [0.717, 1.165) is 29.2 Å². The highest BCUT2D eigenvalue weighted by atomic mass is 16.5. The molecule has 0 bridgehead atoms. The van der Waals surface area contributed by atoms with Gasteiger partial charge in [0.05, 0.1) is 6.04 Å². The first kappa shape index (κ1) is 17.4. The van der Waals surface area contributed by atoms with Gasteiger partial charge in [-0.25, -0.2) is 0 Å². The third-order valence-electron chi connectivity index (χ3n) is 4.88. The number of amides is 2. The molecule has 0 saturated carbocycles. The summed E-state index contributed by atoms with van der Waals surface area (Å²) in [4.78, 5) is 25.8. The fourth-order valence-corrected chi connectivity index (χ4v) is 3.55. The summed E-state index contributed by atoms with van der Waals surface area (Å²) in [5, 5.41) is 13.0. The highest BCUT2D eigenvalue weighted by Crippen LogP contribution is 2.30. The summed E-state index contributed by atoms with van der Waals surface area (Å²) >= 11 is 0. The van der Waals surface area contributed by atoms with Crippen molar-refractivity contribution in [3.8, 4) is 0 Å². The normalized spacial score (nSPS) is 20.3. The van der Waals surface area contributed by atoms with Crippen LogP contribution in [0.4, 0.5) is 0 Å². The Labute approximate surface area is 146 Å². The maximum Gasteiger partial charge on any atom is 0.210 e. The Morgan fingerprint density at radius 2 is 1.88 bits per heavy atom. The number of aliphatic hydroxyl groups excluding tert-OH is 1. The molecule has 1 aliphatic heterocycles. The average Bonchev–Trinajstić information content (AvgIpc) is 2.67. The van der Waals surface area contributed by atoms with E-state index < -0.39 is 18.2 Å². The Balaban J connectivity index is 1.95. The summed E-state index contributed by atoms with van der Waals surface area (Å²) in [5.74, 6) is 0. The minimum absolute atomic E-state index is 0.336. The number of hydrogen-bond acceptors (Lipinski definition) is 4. The highest BCUT2D eigenvalue weighted by molar-refractivity contribution is 5.86. The SMILES string of the molecule is COC(C(O)c1cccc2ccccc12)C1CN(C=O)CCN1C=O. The Bertz CT molecular complexity index is 746. The van der Waals surface area contributed by atoms with Gasteiger partial charge < -0.3 is 19.6 Å². The summed E-state index contributed by atoms with van der Waals surface area (Å²) in [7, 11) is 1.52. The minimum Gasteiger partial charge on any atom is -0.386 e. The number of nitrogens with zero attached hydrogens (tertiary/aromatic N) is 2. The van der Waals surface area contributed by atoms with Crippen LogP contribution in [0.3, 0.4) is 0 Å². The molecule has 6 nitrogen and oxygen atoms in total. The molecule has 2 aromatic carbocycles. The van der Waals surface area contributed by atoms with Crippen LogP contribution in [0.2, 0.25) is 0 Å². The van der Waals surface area contributed by atoms with Crippen LogP contribution < -0.4 is 0 Å². The Hall–Kier alpha value is -2.44. The molecular formula is C19H22N2O4. The predicted octanol–water partition coefficient (Wildman–Crippen LogP) is 1.19. The first-order valence-corrected chi connectivity index (χ1v) is 8.28. The van der Waals surface area contributed by atoms with E-state index in [2.05, 4.69) is 0 Å². The fraction of sp³-hybridized carbons (Fsp3) is 0.368. The molecule has 3 atom stereocenters. The van der Waals surface area contributed by atoms with E-state index in [1.165, 1.54) is 7.11 Å². The molecule has 3 unspecified atom stereocenters. The number of aliphatic hydroxyl groups is 1. The van der Waals surface area contributed by atoms with Crippen molar-refractivity contribution in [3.63, 3.8) is 0 Å². The average molecular weight is 342 g/mol. The van der Waals surface area contributed by atoms with Crippen LogP contribution in [0.25, 0.3) is 10.8 Å². The van der Waals surface area contributed by atoms with Crippen molar-refractivity contribution in [3.05, 3.63) is 48.0 Å². The molecule has 1 aliphatic rings. The monoisotopic (exact) mass is 342 g/mol. The number of benzene rings is 2. The van der Waals surface area contributed by atoms with Crippen molar-refractivity contribution in [2.75, 3.05) is 26.7 Å². The molecule has 2 amide bonds. The number of ether oxygens (including phenoxy) is 1. The zero-order valence-electron chi connectivity index (χ0n) is 14.1. The van der Waals surface area contributed by atoms with Gasteiger partial charge in [0.2, 0.25) is 12.8 Å². The lowest BCUT2D eigenvalue weighted by molar-refractivity contribution is -0.138. The second kappa shape index (κ2) is 7.63. The molecule has 2 aromatic rings. The van der Waals surface area contributed by atoms with Gasteiger partial charge in [0.1, 0.15) is 12.2 Å². The van der Waals surface area contributed by atoms with Crippen molar-refractivity contribution in [1.29, 1.82) is 0 Å². The molecule has 1 heterocycles. The highest BCUT2D eigenvalue weighted by Gasteiger charge is 2.37. The summed E-state index contributed by atoms with van der Waals surface area (Å²) in [6.45, 7) is 1.25. The first-order chi connectivity index (χ1) is 12.2. The Morgan fingerprint density at radius 1 is 1.12 bits per heavy atom. The quantitative estimate of drug-likeness (QED) is 0.801. The Kier molecular flexibility index (Phi) is 5.31. The number of fused-ring (bicyclic) bond motifs is 1. The van der Waals surface area contributed by atoms with E-state index in [9.17, 15) is 14.7 Å². The number of carbonyl (C=O) groups is 2. The van der Waals surface area contributed by atoms with Crippen molar-refractivity contribution in [2.24, 2.45) is 0 Å². The second-order valence-electron chi connectivity index (χ2n) is 6.22. The standard InChI is InChI=1S/C19H22N2O4/c1-25-19(17-11-20(12-22)9-10-21(17)13-23)18(24)16-8-4-6-14-5-2-3-7-15(14)16/h2-8,12-13,17-19,24H,9-11H2,1H3. The molecule has 0 aliphatic carbocycles. The molecule has 6 heteroatoms. The van der Waals surface area contributed by atoms with Crippen molar-refractivity contribution >= 4 is 23.6 Å².